The van der Waals surface area contributed by atoms with Gasteiger partial charge in [0.1, 0.15) is 5.75 Å². The molecular formula is C17H28N2OS. The molecule has 1 aliphatic heterocycles. The van der Waals surface area contributed by atoms with Crippen LogP contribution in [-0.4, -0.2) is 49.2 Å². The number of hydrogen-bond donors (Lipinski definition) is 1. The van der Waals surface area contributed by atoms with Crippen molar-refractivity contribution in [2.45, 2.75) is 32.4 Å². The highest BCUT2D eigenvalue weighted by Gasteiger charge is 2.28. The fraction of sp³-hybridized carbons (Fsp3) is 0.647. The van der Waals surface area contributed by atoms with Crippen molar-refractivity contribution in [2.75, 3.05) is 38.2 Å². The van der Waals surface area contributed by atoms with Crippen molar-refractivity contribution < 1.29 is 4.74 Å². The molecular weight excluding hydrogens is 280 g/mol. The molecule has 2 atom stereocenters. The van der Waals surface area contributed by atoms with E-state index < -0.39 is 0 Å². The van der Waals surface area contributed by atoms with Crippen LogP contribution in [0.4, 0.5) is 0 Å². The fourth-order valence-corrected chi connectivity index (χ4v) is 4.04. The minimum Gasteiger partial charge on any atom is -0.494 e. The second-order valence-corrected chi connectivity index (χ2v) is 6.71. The van der Waals surface area contributed by atoms with E-state index >= 15 is 0 Å². The van der Waals surface area contributed by atoms with Gasteiger partial charge in [-0.05, 0) is 44.6 Å². The number of thioether (sulfide) groups is 1. The minimum atomic E-state index is 0.401. The Kier molecular flexibility index (Phi) is 6.87. The Balaban J connectivity index is 2.13. The van der Waals surface area contributed by atoms with E-state index in [9.17, 15) is 0 Å². The van der Waals surface area contributed by atoms with Gasteiger partial charge in [-0.25, -0.2) is 0 Å². The highest BCUT2D eigenvalue weighted by molar-refractivity contribution is 7.99. The third-order valence-corrected chi connectivity index (χ3v) is 5.04. The molecule has 3 nitrogen and oxygen atoms in total. The van der Waals surface area contributed by atoms with E-state index in [-0.39, 0.29) is 0 Å². The van der Waals surface area contributed by atoms with Gasteiger partial charge in [0, 0.05) is 30.1 Å². The van der Waals surface area contributed by atoms with Gasteiger partial charge in [-0.3, -0.25) is 4.90 Å². The van der Waals surface area contributed by atoms with Crippen LogP contribution >= 0.6 is 11.8 Å². The third kappa shape index (κ3) is 4.63. The van der Waals surface area contributed by atoms with Gasteiger partial charge in [0.15, 0.2) is 0 Å². The normalized spacial score (nSPS) is 21.2. The molecule has 118 valence electrons. The predicted molar refractivity (Wildman–Crippen MR) is 92.4 cm³/mol. The summed E-state index contributed by atoms with van der Waals surface area (Å²) in [6, 6.07) is 9.58. The van der Waals surface area contributed by atoms with E-state index in [1.165, 1.54) is 23.6 Å². The van der Waals surface area contributed by atoms with Crippen LogP contribution in [-0.2, 0) is 0 Å². The van der Waals surface area contributed by atoms with Crippen molar-refractivity contribution in [1.82, 2.24) is 10.2 Å². The first-order chi connectivity index (χ1) is 10.3. The molecule has 2 rings (SSSR count). The van der Waals surface area contributed by atoms with Gasteiger partial charge in [0.05, 0.1) is 6.61 Å². The van der Waals surface area contributed by atoms with E-state index in [1.54, 1.807) is 0 Å². The summed E-state index contributed by atoms with van der Waals surface area (Å²) in [4.78, 5) is 2.50. The molecule has 21 heavy (non-hydrogen) atoms. The van der Waals surface area contributed by atoms with Gasteiger partial charge in [0.2, 0.25) is 0 Å². The summed E-state index contributed by atoms with van der Waals surface area (Å²) in [5.41, 5.74) is 1.37. The van der Waals surface area contributed by atoms with Crippen LogP contribution in [0.1, 0.15) is 31.9 Å². The molecule has 1 fully saturated rings. The monoisotopic (exact) mass is 308 g/mol. The lowest BCUT2D eigenvalue weighted by molar-refractivity contribution is 0.215. The lowest BCUT2D eigenvalue weighted by Gasteiger charge is -2.38. The van der Waals surface area contributed by atoms with Gasteiger partial charge in [-0.15, -0.1) is 0 Å². The molecule has 0 aliphatic carbocycles. The van der Waals surface area contributed by atoms with E-state index in [1.807, 2.05) is 6.92 Å². The summed E-state index contributed by atoms with van der Waals surface area (Å²) in [5, 5.41) is 3.74. The second-order valence-electron chi connectivity index (χ2n) is 5.56. The Morgan fingerprint density at radius 1 is 1.33 bits per heavy atom. The van der Waals surface area contributed by atoms with Crippen LogP contribution in [0, 0.1) is 0 Å². The number of likely N-dealkylation sites (N-methyl/N-ethyl adjacent to an activating group) is 1. The summed E-state index contributed by atoms with van der Waals surface area (Å²) in [7, 11) is 2.25. The first-order valence-electron chi connectivity index (χ1n) is 8.00. The Hall–Kier alpha value is -0.710. The average Bonchev–Trinajstić information content (AvgIpc) is 2.51. The van der Waals surface area contributed by atoms with Crippen molar-refractivity contribution in [3.8, 4) is 5.75 Å². The predicted octanol–water partition coefficient (Wildman–Crippen LogP) is 3.17. The minimum absolute atomic E-state index is 0.401. The Labute approximate surface area is 133 Å². The molecule has 1 aromatic carbocycles. The fourth-order valence-electron chi connectivity index (χ4n) is 2.77. The average molecular weight is 308 g/mol. The quantitative estimate of drug-likeness (QED) is 0.836. The Morgan fingerprint density at radius 3 is 2.71 bits per heavy atom. The van der Waals surface area contributed by atoms with Crippen LogP contribution in [0.3, 0.4) is 0 Å². The summed E-state index contributed by atoms with van der Waals surface area (Å²) in [5.74, 6) is 3.41. The van der Waals surface area contributed by atoms with Gasteiger partial charge in [-0.1, -0.05) is 19.1 Å². The van der Waals surface area contributed by atoms with Crippen molar-refractivity contribution in [3.63, 3.8) is 0 Å². The number of ether oxygens (including phenoxy) is 1. The van der Waals surface area contributed by atoms with Gasteiger partial charge in [0.25, 0.3) is 0 Å². The molecule has 0 spiro atoms. The molecule has 1 N–H and O–H groups in total. The highest BCUT2D eigenvalue weighted by atomic mass is 32.2. The molecule has 0 bridgehead atoms. The van der Waals surface area contributed by atoms with Crippen LogP contribution < -0.4 is 10.1 Å². The summed E-state index contributed by atoms with van der Waals surface area (Å²) >= 11 is 2.07. The largest absolute Gasteiger partial charge is 0.494 e. The molecule has 0 amide bonds. The maximum atomic E-state index is 5.55. The van der Waals surface area contributed by atoms with Crippen molar-refractivity contribution in [2.24, 2.45) is 0 Å². The highest BCUT2D eigenvalue weighted by Crippen LogP contribution is 2.28. The number of nitrogens with zero attached hydrogens (tertiary/aromatic N) is 1. The summed E-state index contributed by atoms with van der Waals surface area (Å²) < 4.78 is 5.55. The maximum Gasteiger partial charge on any atom is 0.119 e. The number of benzene rings is 1. The molecule has 1 saturated heterocycles. The Morgan fingerprint density at radius 2 is 2.10 bits per heavy atom. The van der Waals surface area contributed by atoms with Crippen LogP contribution in [0.2, 0.25) is 0 Å². The Bertz CT molecular complexity index is 410. The van der Waals surface area contributed by atoms with Crippen LogP contribution in [0.25, 0.3) is 0 Å². The van der Waals surface area contributed by atoms with Crippen molar-refractivity contribution >= 4 is 11.8 Å². The zero-order valence-electron chi connectivity index (χ0n) is 13.5. The molecule has 0 aromatic heterocycles. The molecule has 1 heterocycles. The molecule has 0 radical (unpaired) electrons. The summed E-state index contributed by atoms with van der Waals surface area (Å²) in [6.45, 7) is 7.21. The second kappa shape index (κ2) is 8.66. The van der Waals surface area contributed by atoms with E-state index in [0.717, 1.165) is 25.3 Å². The number of rotatable bonds is 7. The van der Waals surface area contributed by atoms with Crippen molar-refractivity contribution in [3.05, 3.63) is 29.8 Å². The standard InChI is InChI=1S/C17H28N2OS/c1-4-10-18-17(16-13-21-12-11-19(16)3)14-6-8-15(9-7-14)20-5-2/h6-9,16-18H,4-5,10-13H2,1-3H3. The van der Waals surface area contributed by atoms with Gasteiger partial charge < -0.3 is 10.1 Å². The lowest BCUT2D eigenvalue weighted by atomic mass is 9.98. The summed E-state index contributed by atoms with van der Waals surface area (Å²) in [6.07, 6.45) is 1.16. The van der Waals surface area contributed by atoms with Crippen molar-refractivity contribution in [1.29, 1.82) is 0 Å². The third-order valence-electron chi connectivity index (χ3n) is 3.99. The first-order valence-corrected chi connectivity index (χ1v) is 9.15. The van der Waals surface area contributed by atoms with Crippen LogP contribution in [0.15, 0.2) is 24.3 Å². The number of nitrogens with one attached hydrogen (secondary N) is 1. The van der Waals surface area contributed by atoms with E-state index in [0.29, 0.717) is 12.1 Å². The SMILES string of the molecule is CCCNC(c1ccc(OCC)cc1)C1CSCCN1C. The first kappa shape index (κ1) is 16.7. The maximum absolute atomic E-state index is 5.55. The number of hydrogen-bond acceptors (Lipinski definition) is 4. The lowest BCUT2D eigenvalue weighted by Crippen LogP contribution is -2.47. The molecule has 2 unspecified atom stereocenters. The topological polar surface area (TPSA) is 24.5 Å². The molecule has 1 aliphatic rings. The van der Waals surface area contributed by atoms with E-state index in [4.69, 9.17) is 4.74 Å². The van der Waals surface area contributed by atoms with E-state index in [2.05, 4.69) is 60.2 Å². The van der Waals surface area contributed by atoms with Crippen LogP contribution in [0.5, 0.6) is 5.75 Å². The van der Waals surface area contributed by atoms with Gasteiger partial charge in [-0.2, -0.15) is 11.8 Å². The molecule has 1 aromatic rings. The molecule has 4 heteroatoms. The van der Waals surface area contributed by atoms with Gasteiger partial charge >= 0.3 is 0 Å². The zero-order chi connectivity index (χ0) is 15.1. The molecule has 0 saturated carbocycles. The zero-order valence-corrected chi connectivity index (χ0v) is 14.3. The smallest absolute Gasteiger partial charge is 0.119 e.